The van der Waals surface area contributed by atoms with E-state index in [9.17, 15) is 14.4 Å². The van der Waals surface area contributed by atoms with Crippen LogP contribution in [0.3, 0.4) is 0 Å². The van der Waals surface area contributed by atoms with Crippen molar-refractivity contribution in [2.45, 2.75) is 32.6 Å². The highest BCUT2D eigenvalue weighted by molar-refractivity contribution is 6.06. The van der Waals surface area contributed by atoms with E-state index in [0.29, 0.717) is 23.7 Å². The Labute approximate surface area is 200 Å². The van der Waals surface area contributed by atoms with Crippen LogP contribution >= 0.6 is 0 Å². The van der Waals surface area contributed by atoms with Crippen molar-refractivity contribution in [2.75, 3.05) is 22.1 Å². The van der Waals surface area contributed by atoms with Crippen molar-refractivity contribution in [2.24, 2.45) is 5.92 Å². The summed E-state index contributed by atoms with van der Waals surface area (Å²) < 4.78 is 0. The van der Waals surface area contributed by atoms with Gasteiger partial charge in [0.1, 0.15) is 0 Å². The molecule has 0 aromatic heterocycles. The van der Waals surface area contributed by atoms with Gasteiger partial charge in [-0.3, -0.25) is 14.4 Å². The molecular formula is C28H29N3O3. The van der Waals surface area contributed by atoms with E-state index in [-0.39, 0.29) is 24.1 Å². The minimum atomic E-state index is -0.423. The summed E-state index contributed by atoms with van der Waals surface area (Å²) in [4.78, 5) is 39.6. The molecule has 0 spiro atoms. The SMILES string of the molecule is CCC(C)c1ccccc1NC(=O)c1ccc(NC(=O)C2CC(=O)N(c3ccccc3)C2)cc1. The number of carbonyl (C=O) groups excluding carboxylic acids is 3. The second kappa shape index (κ2) is 10.3. The number of nitrogens with zero attached hydrogens (tertiary/aromatic N) is 1. The number of amides is 3. The Morgan fingerprint density at radius 1 is 0.941 bits per heavy atom. The van der Waals surface area contributed by atoms with E-state index >= 15 is 0 Å². The summed E-state index contributed by atoms with van der Waals surface area (Å²) in [6.45, 7) is 4.61. The van der Waals surface area contributed by atoms with E-state index in [4.69, 9.17) is 0 Å². The van der Waals surface area contributed by atoms with Gasteiger partial charge in [-0.15, -0.1) is 0 Å². The molecule has 6 heteroatoms. The van der Waals surface area contributed by atoms with Crippen LogP contribution in [0, 0.1) is 5.92 Å². The molecule has 0 radical (unpaired) electrons. The number of hydrogen-bond acceptors (Lipinski definition) is 3. The number of rotatable bonds is 7. The third-order valence-electron chi connectivity index (χ3n) is 6.33. The summed E-state index contributed by atoms with van der Waals surface area (Å²) in [7, 11) is 0. The van der Waals surface area contributed by atoms with Crippen molar-refractivity contribution in [3.05, 3.63) is 90.0 Å². The zero-order chi connectivity index (χ0) is 24.1. The molecule has 1 aliphatic rings. The van der Waals surface area contributed by atoms with Gasteiger partial charge in [-0.25, -0.2) is 0 Å². The van der Waals surface area contributed by atoms with Gasteiger partial charge in [0.15, 0.2) is 0 Å². The maximum absolute atomic E-state index is 12.8. The second-order valence-corrected chi connectivity index (χ2v) is 8.66. The van der Waals surface area contributed by atoms with Gasteiger partial charge in [-0.1, -0.05) is 50.2 Å². The highest BCUT2D eigenvalue weighted by atomic mass is 16.2. The molecule has 34 heavy (non-hydrogen) atoms. The lowest BCUT2D eigenvalue weighted by Crippen LogP contribution is -2.28. The van der Waals surface area contributed by atoms with E-state index in [2.05, 4.69) is 24.5 Å². The van der Waals surface area contributed by atoms with E-state index < -0.39 is 5.92 Å². The van der Waals surface area contributed by atoms with Crippen LogP contribution in [-0.4, -0.2) is 24.3 Å². The smallest absolute Gasteiger partial charge is 0.255 e. The van der Waals surface area contributed by atoms with Gasteiger partial charge in [0.25, 0.3) is 5.91 Å². The first-order valence-electron chi connectivity index (χ1n) is 11.6. The fourth-order valence-electron chi connectivity index (χ4n) is 4.14. The van der Waals surface area contributed by atoms with Crippen molar-refractivity contribution >= 4 is 34.8 Å². The van der Waals surface area contributed by atoms with Crippen LogP contribution in [-0.2, 0) is 9.59 Å². The summed E-state index contributed by atoms with van der Waals surface area (Å²) in [5.41, 5.74) is 3.81. The Balaban J connectivity index is 1.37. The monoisotopic (exact) mass is 455 g/mol. The molecule has 0 bridgehead atoms. The lowest BCUT2D eigenvalue weighted by atomic mass is 9.97. The van der Waals surface area contributed by atoms with Crippen LogP contribution in [0.15, 0.2) is 78.9 Å². The Morgan fingerprint density at radius 2 is 1.62 bits per heavy atom. The largest absolute Gasteiger partial charge is 0.326 e. The maximum atomic E-state index is 12.8. The van der Waals surface area contributed by atoms with E-state index in [1.807, 2.05) is 54.6 Å². The Morgan fingerprint density at radius 3 is 2.32 bits per heavy atom. The molecule has 1 aliphatic heterocycles. The predicted octanol–water partition coefficient (Wildman–Crippen LogP) is 5.44. The molecular weight excluding hydrogens is 426 g/mol. The van der Waals surface area contributed by atoms with Crippen LogP contribution in [0.2, 0.25) is 0 Å². The minimum absolute atomic E-state index is 0.0592. The average molecular weight is 456 g/mol. The highest BCUT2D eigenvalue weighted by Gasteiger charge is 2.35. The van der Waals surface area contributed by atoms with Crippen molar-refractivity contribution in [1.82, 2.24) is 0 Å². The summed E-state index contributed by atoms with van der Waals surface area (Å²) in [5, 5.41) is 5.88. The van der Waals surface area contributed by atoms with Crippen LogP contribution in [0.1, 0.15) is 48.5 Å². The Kier molecular flexibility index (Phi) is 7.07. The quantitative estimate of drug-likeness (QED) is 0.498. The van der Waals surface area contributed by atoms with Gasteiger partial charge in [-0.05, 0) is 60.4 Å². The number of anilines is 3. The molecule has 2 unspecified atom stereocenters. The molecule has 6 nitrogen and oxygen atoms in total. The number of benzene rings is 3. The number of carbonyl (C=O) groups is 3. The van der Waals surface area contributed by atoms with Crippen molar-refractivity contribution in [3.63, 3.8) is 0 Å². The van der Waals surface area contributed by atoms with Gasteiger partial charge >= 0.3 is 0 Å². The van der Waals surface area contributed by atoms with E-state index in [0.717, 1.165) is 23.4 Å². The van der Waals surface area contributed by atoms with Gasteiger partial charge < -0.3 is 15.5 Å². The van der Waals surface area contributed by atoms with Gasteiger partial charge in [-0.2, -0.15) is 0 Å². The van der Waals surface area contributed by atoms with Crippen LogP contribution in [0.25, 0.3) is 0 Å². The first-order valence-corrected chi connectivity index (χ1v) is 11.6. The maximum Gasteiger partial charge on any atom is 0.255 e. The van der Waals surface area contributed by atoms with Crippen LogP contribution in [0.5, 0.6) is 0 Å². The molecule has 3 aromatic carbocycles. The average Bonchev–Trinajstić information content (AvgIpc) is 3.26. The fraction of sp³-hybridized carbons (Fsp3) is 0.250. The van der Waals surface area contributed by atoms with Gasteiger partial charge in [0, 0.05) is 35.6 Å². The summed E-state index contributed by atoms with van der Waals surface area (Å²) >= 11 is 0. The first kappa shape index (κ1) is 23.2. The second-order valence-electron chi connectivity index (χ2n) is 8.66. The van der Waals surface area contributed by atoms with Crippen molar-refractivity contribution in [3.8, 4) is 0 Å². The molecule has 1 heterocycles. The fourth-order valence-corrected chi connectivity index (χ4v) is 4.14. The molecule has 0 saturated carbocycles. The minimum Gasteiger partial charge on any atom is -0.326 e. The molecule has 3 amide bonds. The molecule has 1 saturated heterocycles. The number of hydrogen-bond donors (Lipinski definition) is 2. The summed E-state index contributed by atoms with van der Waals surface area (Å²) in [6.07, 6.45) is 1.16. The third kappa shape index (κ3) is 5.17. The van der Waals surface area contributed by atoms with E-state index in [1.54, 1.807) is 29.2 Å². The number of para-hydroxylation sites is 2. The molecule has 1 fully saturated rings. The number of nitrogens with one attached hydrogen (secondary N) is 2. The molecule has 2 N–H and O–H groups in total. The standard InChI is InChI=1S/C28H29N3O3/c1-3-19(2)24-11-7-8-12-25(24)30-27(33)20-13-15-22(16-14-20)29-28(34)21-17-26(32)31(18-21)23-9-5-4-6-10-23/h4-16,19,21H,3,17-18H2,1-2H3,(H,29,34)(H,30,33). The van der Waals surface area contributed by atoms with Gasteiger partial charge in [0.05, 0.1) is 5.92 Å². The molecule has 4 rings (SSSR count). The molecule has 0 aliphatic carbocycles. The predicted molar refractivity (Wildman–Crippen MR) is 135 cm³/mol. The van der Waals surface area contributed by atoms with E-state index in [1.165, 1.54) is 0 Å². The highest BCUT2D eigenvalue weighted by Crippen LogP contribution is 2.28. The van der Waals surface area contributed by atoms with Crippen LogP contribution < -0.4 is 15.5 Å². The lowest BCUT2D eigenvalue weighted by Gasteiger charge is -2.17. The van der Waals surface area contributed by atoms with Crippen molar-refractivity contribution in [1.29, 1.82) is 0 Å². The third-order valence-corrected chi connectivity index (χ3v) is 6.33. The first-order chi connectivity index (χ1) is 16.5. The van der Waals surface area contributed by atoms with Crippen LogP contribution in [0.4, 0.5) is 17.1 Å². The topological polar surface area (TPSA) is 78.5 Å². The zero-order valence-corrected chi connectivity index (χ0v) is 19.5. The van der Waals surface area contributed by atoms with Crippen molar-refractivity contribution < 1.29 is 14.4 Å². The molecule has 174 valence electrons. The lowest BCUT2D eigenvalue weighted by molar-refractivity contribution is -0.122. The van der Waals surface area contributed by atoms with Gasteiger partial charge in [0.2, 0.25) is 11.8 Å². The zero-order valence-electron chi connectivity index (χ0n) is 19.5. The summed E-state index contributed by atoms with van der Waals surface area (Å²) in [5.74, 6) is -0.543. The molecule has 3 aromatic rings. The normalized spacial score (nSPS) is 16.2. The summed E-state index contributed by atoms with van der Waals surface area (Å²) in [6, 6.07) is 24.0. The molecule has 2 atom stereocenters. The Hall–Kier alpha value is -3.93. The Bertz CT molecular complexity index is 1180.